The van der Waals surface area contributed by atoms with E-state index in [9.17, 15) is 0 Å². The molecule has 0 saturated carbocycles. The SMILES string of the molecule is [3H]/P=N/N=S=C(I)CCC. The van der Waals surface area contributed by atoms with Crippen molar-refractivity contribution in [2.75, 3.05) is 0 Å². The van der Waals surface area contributed by atoms with E-state index in [1.807, 2.05) is 0 Å². The van der Waals surface area contributed by atoms with E-state index in [0.717, 1.165) is 12.8 Å². The van der Waals surface area contributed by atoms with Crippen LogP contribution in [0, 0.1) is 0 Å². The number of hydrogen-bond donors (Lipinski definition) is 0. The van der Waals surface area contributed by atoms with E-state index >= 15 is 0 Å². The molecule has 52 valence electrons. The molecule has 0 bridgehead atoms. The van der Waals surface area contributed by atoms with Crippen molar-refractivity contribution >= 4 is 45.6 Å². The molecular formula is C4H8IN2PS. The molecule has 0 spiro atoms. The molecular weight excluding hydrogens is 266 g/mol. The van der Waals surface area contributed by atoms with Crippen LogP contribution in [-0.4, -0.2) is 4.15 Å². The predicted octanol–water partition coefficient (Wildman–Crippen LogP) is 2.86. The topological polar surface area (TPSA) is 24.7 Å². The quantitative estimate of drug-likeness (QED) is 0.249. The summed E-state index contributed by atoms with van der Waals surface area (Å²) in [5, 5.41) is 0. The summed E-state index contributed by atoms with van der Waals surface area (Å²) in [4.78, 5) is 3.50. The van der Waals surface area contributed by atoms with Crippen LogP contribution in [0.5, 0.6) is 0 Å². The summed E-state index contributed by atoms with van der Waals surface area (Å²) >= 11 is 3.60. The Balaban J connectivity index is 3.87. The molecule has 2 nitrogen and oxygen atoms in total. The van der Waals surface area contributed by atoms with Crippen molar-refractivity contribution < 1.29 is 0 Å². The lowest BCUT2D eigenvalue weighted by molar-refractivity contribution is 1.02. The van der Waals surface area contributed by atoms with Crippen LogP contribution in [0.2, 0.25) is 0 Å². The van der Waals surface area contributed by atoms with E-state index in [2.05, 4.69) is 38.8 Å². The minimum absolute atomic E-state index is 0.231. The molecule has 0 heterocycles. The molecule has 0 unspecified atom stereocenters. The van der Waals surface area contributed by atoms with E-state index < -0.39 is 0 Å². The largest absolute Gasteiger partial charge is 0.127 e. The Morgan fingerprint density at radius 1 is 2.00 bits per heavy atom. The molecule has 0 radical (unpaired) electrons. The monoisotopic (exact) mass is 276 g/mol. The summed E-state index contributed by atoms with van der Waals surface area (Å²) in [5.74, 6) is 0. The summed E-state index contributed by atoms with van der Waals surface area (Å²) in [7, 11) is 0.231. The highest BCUT2D eigenvalue weighted by Gasteiger charge is 1.84. The second kappa shape index (κ2) is 6.83. The van der Waals surface area contributed by atoms with Crippen molar-refractivity contribution in [1.29, 1.82) is 1.28 Å². The predicted molar refractivity (Wildman–Crippen MR) is 54.5 cm³/mol. The van der Waals surface area contributed by atoms with Gasteiger partial charge in [0.15, 0.2) is 0 Å². The van der Waals surface area contributed by atoms with Crippen LogP contribution in [0.1, 0.15) is 19.8 Å². The Morgan fingerprint density at radius 3 is 3.33 bits per heavy atom. The number of nitrogens with zero attached hydrogens (tertiary/aromatic N) is 2. The maximum atomic E-state index is 6.64. The maximum Gasteiger partial charge on any atom is 0.117 e. The summed E-state index contributed by atoms with van der Waals surface area (Å²) in [5.41, 5.74) is 0. The van der Waals surface area contributed by atoms with Gasteiger partial charge in [-0.3, -0.25) is 0 Å². The van der Waals surface area contributed by atoms with E-state index in [4.69, 9.17) is 1.28 Å². The van der Waals surface area contributed by atoms with Crippen LogP contribution < -0.4 is 0 Å². The van der Waals surface area contributed by atoms with Gasteiger partial charge in [0.2, 0.25) is 0 Å². The third-order valence-electron chi connectivity index (χ3n) is 0.623. The van der Waals surface area contributed by atoms with Crippen molar-refractivity contribution in [1.82, 2.24) is 0 Å². The van der Waals surface area contributed by atoms with Gasteiger partial charge in [-0.15, -0.1) is 4.85 Å². The van der Waals surface area contributed by atoms with Gasteiger partial charge in [-0.25, -0.2) is 0 Å². The van der Waals surface area contributed by atoms with E-state index in [0.29, 0.717) is 0 Å². The molecule has 0 aliphatic carbocycles. The zero-order valence-electron chi connectivity index (χ0n) is 6.04. The van der Waals surface area contributed by atoms with Gasteiger partial charge in [0.05, 0.1) is 2.87 Å². The molecule has 0 aromatic rings. The summed E-state index contributed by atoms with van der Waals surface area (Å²) in [6.07, 6.45) is 2.21. The smallest absolute Gasteiger partial charge is 0.117 e. The van der Waals surface area contributed by atoms with Crippen LogP contribution in [0.3, 0.4) is 0 Å². The highest BCUT2D eigenvalue weighted by atomic mass is 127. The highest BCUT2D eigenvalue weighted by Crippen LogP contribution is 1.97. The molecule has 0 saturated heterocycles. The van der Waals surface area contributed by atoms with Crippen molar-refractivity contribution in [3.8, 4) is 0 Å². The van der Waals surface area contributed by atoms with Crippen molar-refractivity contribution in [3.63, 3.8) is 0 Å². The fourth-order valence-corrected chi connectivity index (χ4v) is 1.64. The first-order valence-electron chi connectivity index (χ1n) is 2.98. The third-order valence-corrected chi connectivity index (χ3v) is 2.53. The molecule has 0 fully saturated rings. The van der Waals surface area contributed by atoms with Crippen molar-refractivity contribution in [2.45, 2.75) is 19.8 Å². The normalized spacial score (nSPS) is 11.1. The van der Waals surface area contributed by atoms with Crippen molar-refractivity contribution in [3.05, 3.63) is 0 Å². The zero-order chi connectivity index (χ0) is 7.82. The first-order chi connectivity index (χ1) is 4.81. The number of hydrogen-bond acceptors (Lipinski definition) is 0. The minimum Gasteiger partial charge on any atom is -0.127 e. The molecule has 0 aliphatic heterocycles. The molecule has 0 aromatic heterocycles. The molecule has 0 aliphatic rings. The maximum absolute atomic E-state index is 6.64. The molecule has 9 heavy (non-hydrogen) atoms. The first kappa shape index (κ1) is 7.82. The van der Waals surface area contributed by atoms with E-state index in [-0.39, 0.29) is 8.98 Å². The summed E-state index contributed by atoms with van der Waals surface area (Å²) in [6, 6.07) is 0. The fraction of sp³-hybridized carbons (Fsp3) is 0.750. The molecule has 0 amide bonds. The van der Waals surface area contributed by atoms with E-state index in [1.54, 1.807) is 0 Å². The molecule has 0 atom stereocenters. The Morgan fingerprint density at radius 2 is 2.78 bits per heavy atom. The fourth-order valence-electron chi connectivity index (χ4n) is 0.305. The lowest BCUT2D eigenvalue weighted by Crippen LogP contribution is -1.80. The standard InChI is InChI=1S/C4H8IN2PS/c1-2-3-4(5)9-7-6-8/h8H,2-3H2,1H3/i8T. The highest BCUT2D eigenvalue weighted by molar-refractivity contribution is 14.1. The molecule has 0 N–H and O–H groups in total. The second-order valence-electron chi connectivity index (χ2n) is 1.37. The first-order valence-corrected chi connectivity index (χ1v) is 4.79. The Labute approximate surface area is 75.8 Å². The zero-order valence-corrected chi connectivity index (χ0v) is 8.91. The molecule has 5 heteroatoms. The number of rotatable bonds is 3. The van der Waals surface area contributed by atoms with Crippen LogP contribution in [0.4, 0.5) is 0 Å². The Hall–Kier alpha value is 0.720. The molecule has 0 aromatic carbocycles. The lowest BCUT2D eigenvalue weighted by Gasteiger charge is -1.84. The average molecular weight is 276 g/mol. The second-order valence-corrected chi connectivity index (χ2v) is 4.42. The third kappa shape index (κ3) is 6.61. The van der Waals surface area contributed by atoms with Gasteiger partial charge in [-0.05, 0) is 40.2 Å². The van der Waals surface area contributed by atoms with Gasteiger partial charge < -0.3 is 0 Å². The van der Waals surface area contributed by atoms with Gasteiger partial charge in [0.1, 0.15) is 1.28 Å². The summed E-state index contributed by atoms with van der Waals surface area (Å²) in [6.45, 7) is 2.12. The van der Waals surface area contributed by atoms with Gasteiger partial charge in [0, 0.05) is 8.98 Å². The Bertz CT molecular complexity index is 178. The van der Waals surface area contributed by atoms with Crippen LogP contribution >= 0.6 is 31.6 Å². The lowest BCUT2D eigenvalue weighted by atomic mass is 10.4. The van der Waals surface area contributed by atoms with Gasteiger partial charge >= 0.3 is 0 Å². The van der Waals surface area contributed by atoms with Crippen molar-refractivity contribution in [2.24, 2.45) is 9.33 Å². The van der Waals surface area contributed by atoms with Crippen LogP contribution in [-0.2, 0) is 11.1 Å². The van der Waals surface area contributed by atoms with Gasteiger partial charge in [-0.1, -0.05) is 17.8 Å². The van der Waals surface area contributed by atoms with E-state index in [1.165, 1.54) is 14.0 Å². The van der Waals surface area contributed by atoms with Gasteiger partial charge in [-0.2, -0.15) is 0 Å². The minimum atomic E-state index is 0.231. The van der Waals surface area contributed by atoms with Crippen LogP contribution in [0.15, 0.2) is 9.33 Å². The summed E-state index contributed by atoms with van der Waals surface area (Å²) < 4.78 is 11.6. The van der Waals surface area contributed by atoms with Gasteiger partial charge in [0.25, 0.3) is 0 Å². The molecule has 0 rings (SSSR count). The van der Waals surface area contributed by atoms with Crippen LogP contribution in [0.25, 0.3) is 0 Å². The Kier molecular flexibility index (Phi) is 5.94. The number of halogens is 1. The average Bonchev–Trinajstić information content (AvgIpc) is 1.89.